The summed E-state index contributed by atoms with van der Waals surface area (Å²) in [7, 11) is 3.56. The Kier molecular flexibility index (Phi) is 7.29. The number of aryl methyl sites for hydroxylation is 2. The minimum Gasteiger partial charge on any atom is -0.487 e. The van der Waals surface area contributed by atoms with Gasteiger partial charge in [-0.05, 0) is 38.5 Å². The predicted molar refractivity (Wildman–Crippen MR) is 114 cm³/mol. The summed E-state index contributed by atoms with van der Waals surface area (Å²) >= 11 is 0. The molecule has 0 atom stereocenters. The van der Waals surface area contributed by atoms with Gasteiger partial charge in [0.05, 0.1) is 35.4 Å². The van der Waals surface area contributed by atoms with E-state index in [0.29, 0.717) is 18.3 Å². The Balaban J connectivity index is 1.70. The first-order valence-corrected chi connectivity index (χ1v) is 10.7. The molecule has 0 bridgehead atoms. The van der Waals surface area contributed by atoms with Gasteiger partial charge in [-0.1, -0.05) is 20.3 Å². The summed E-state index contributed by atoms with van der Waals surface area (Å²) in [5.74, 6) is 1.66. The zero-order valence-electron chi connectivity index (χ0n) is 18.7. The number of ether oxygens (including phenoxy) is 2. The third-order valence-corrected chi connectivity index (χ3v) is 5.37. The second-order valence-electron chi connectivity index (χ2n) is 8.48. The van der Waals surface area contributed by atoms with Gasteiger partial charge < -0.3 is 14.4 Å². The lowest BCUT2D eigenvalue weighted by molar-refractivity contribution is 0.0990. The number of carbonyl (C=O) groups excluding carboxylic acids is 1. The Morgan fingerprint density at radius 2 is 2.00 bits per heavy atom. The zero-order valence-corrected chi connectivity index (χ0v) is 18.7. The van der Waals surface area contributed by atoms with E-state index in [2.05, 4.69) is 28.9 Å². The molecule has 0 aliphatic heterocycles. The first kappa shape index (κ1) is 22.1. The van der Waals surface area contributed by atoms with Crippen molar-refractivity contribution in [3.05, 3.63) is 23.8 Å². The van der Waals surface area contributed by atoms with E-state index in [1.165, 1.54) is 19.3 Å². The SMILES string of the molecule is Cc1nc(-c2cnn(C)c2COC(=O)N(C)CC(C)C)ncc1OC1CCCCC1. The normalized spacial score (nSPS) is 14.7. The molecule has 1 aliphatic rings. The first-order valence-electron chi connectivity index (χ1n) is 10.7. The van der Waals surface area contributed by atoms with Crippen LogP contribution < -0.4 is 4.74 Å². The Morgan fingerprint density at radius 3 is 2.67 bits per heavy atom. The maximum atomic E-state index is 12.2. The molecule has 0 aromatic carbocycles. The Hall–Kier alpha value is -2.64. The highest BCUT2D eigenvalue weighted by atomic mass is 16.6. The van der Waals surface area contributed by atoms with Gasteiger partial charge in [0.2, 0.25) is 0 Å². The van der Waals surface area contributed by atoms with E-state index in [4.69, 9.17) is 9.47 Å². The average molecular weight is 416 g/mol. The number of amides is 1. The topological polar surface area (TPSA) is 82.4 Å². The van der Waals surface area contributed by atoms with Gasteiger partial charge in [0, 0.05) is 20.6 Å². The highest BCUT2D eigenvalue weighted by Gasteiger charge is 2.20. The zero-order chi connectivity index (χ0) is 21.7. The minimum atomic E-state index is -0.357. The standard InChI is InChI=1S/C22H33N5O3/c1-15(2)13-26(4)22(28)29-14-19-18(11-24-27(19)5)21-23-12-20(16(3)25-21)30-17-9-7-6-8-10-17/h11-12,15,17H,6-10,13-14H2,1-5H3. The van der Waals surface area contributed by atoms with Crippen LogP contribution in [0.4, 0.5) is 4.79 Å². The van der Waals surface area contributed by atoms with Crippen LogP contribution in [0.1, 0.15) is 57.3 Å². The van der Waals surface area contributed by atoms with Crippen LogP contribution in [0.15, 0.2) is 12.4 Å². The second kappa shape index (κ2) is 9.91. The summed E-state index contributed by atoms with van der Waals surface area (Å²) in [5.41, 5.74) is 2.31. The lowest BCUT2D eigenvalue weighted by Crippen LogP contribution is -2.31. The van der Waals surface area contributed by atoms with Crippen molar-refractivity contribution in [2.24, 2.45) is 13.0 Å². The largest absolute Gasteiger partial charge is 0.487 e. The van der Waals surface area contributed by atoms with Gasteiger partial charge in [0.15, 0.2) is 11.6 Å². The van der Waals surface area contributed by atoms with E-state index >= 15 is 0 Å². The molecule has 3 rings (SSSR count). The van der Waals surface area contributed by atoms with Crippen molar-refractivity contribution in [2.75, 3.05) is 13.6 Å². The second-order valence-corrected chi connectivity index (χ2v) is 8.48. The van der Waals surface area contributed by atoms with E-state index in [-0.39, 0.29) is 18.8 Å². The summed E-state index contributed by atoms with van der Waals surface area (Å²) in [6, 6.07) is 0. The van der Waals surface area contributed by atoms with Crippen LogP contribution in [-0.4, -0.2) is 50.4 Å². The lowest BCUT2D eigenvalue weighted by atomic mass is 9.98. The summed E-state index contributed by atoms with van der Waals surface area (Å²) < 4.78 is 13.3. The van der Waals surface area contributed by atoms with E-state index in [1.54, 1.807) is 29.0 Å². The van der Waals surface area contributed by atoms with Gasteiger partial charge in [-0.3, -0.25) is 4.68 Å². The molecule has 0 unspecified atom stereocenters. The van der Waals surface area contributed by atoms with E-state index in [1.807, 2.05) is 14.0 Å². The maximum absolute atomic E-state index is 12.2. The molecule has 0 spiro atoms. The van der Waals surface area contributed by atoms with Gasteiger partial charge in [-0.2, -0.15) is 5.10 Å². The summed E-state index contributed by atoms with van der Waals surface area (Å²) in [6.07, 6.45) is 9.24. The molecule has 1 fully saturated rings. The van der Waals surface area contributed by atoms with Gasteiger partial charge >= 0.3 is 6.09 Å². The van der Waals surface area contributed by atoms with Crippen LogP contribution in [-0.2, 0) is 18.4 Å². The molecule has 2 aromatic rings. The van der Waals surface area contributed by atoms with Crippen molar-refractivity contribution in [1.29, 1.82) is 0 Å². The molecule has 2 aromatic heterocycles. The van der Waals surface area contributed by atoms with Crippen molar-refractivity contribution in [3.8, 4) is 17.1 Å². The van der Waals surface area contributed by atoms with Crippen LogP contribution in [0.5, 0.6) is 5.75 Å². The molecule has 1 aliphatic carbocycles. The van der Waals surface area contributed by atoms with Crippen molar-refractivity contribution in [1.82, 2.24) is 24.6 Å². The molecule has 164 valence electrons. The fourth-order valence-corrected chi connectivity index (χ4v) is 3.75. The van der Waals surface area contributed by atoms with Crippen LogP contribution in [0.2, 0.25) is 0 Å². The Labute approximate surface area is 178 Å². The number of carbonyl (C=O) groups is 1. The van der Waals surface area contributed by atoms with Crippen LogP contribution in [0.3, 0.4) is 0 Å². The number of hydrogen-bond acceptors (Lipinski definition) is 6. The molecule has 8 heteroatoms. The number of rotatable bonds is 7. The first-order chi connectivity index (χ1) is 14.3. The Morgan fingerprint density at radius 1 is 1.27 bits per heavy atom. The molecule has 1 amide bonds. The van der Waals surface area contributed by atoms with Gasteiger partial charge in [-0.25, -0.2) is 14.8 Å². The van der Waals surface area contributed by atoms with Crippen LogP contribution >= 0.6 is 0 Å². The predicted octanol–water partition coefficient (Wildman–Crippen LogP) is 4.12. The quantitative estimate of drug-likeness (QED) is 0.676. The van der Waals surface area contributed by atoms with Gasteiger partial charge in [-0.15, -0.1) is 0 Å². The van der Waals surface area contributed by atoms with Crippen molar-refractivity contribution < 1.29 is 14.3 Å². The van der Waals surface area contributed by atoms with Gasteiger partial charge in [0.1, 0.15) is 6.61 Å². The number of hydrogen-bond donors (Lipinski definition) is 0. The molecule has 0 radical (unpaired) electrons. The van der Waals surface area contributed by atoms with Crippen molar-refractivity contribution in [2.45, 2.75) is 65.6 Å². The van der Waals surface area contributed by atoms with E-state index in [9.17, 15) is 4.79 Å². The summed E-state index contributed by atoms with van der Waals surface area (Å²) in [5, 5.41) is 4.31. The molecule has 8 nitrogen and oxygen atoms in total. The van der Waals surface area contributed by atoms with E-state index < -0.39 is 0 Å². The molecular weight excluding hydrogens is 382 g/mol. The lowest BCUT2D eigenvalue weighted by Gasteiger charge is -2.23. The molecule has 1 saturated carbocycles. The fourth-order valence-electron chi connectivity index (χ4n) is 3.75. The van der Waals surface area contributed by atoms with Crippen LogP contribution in [0.25, 0.3) is 11.4 Å². The monoisotopic (exact) mass is 415 g/mol. The maximum Gasteiger partial charge on any atom is 0.409 e. The highest BCUT2D eigenvalue weighted by molar-refractivity contribution is 5.67. The molecule has 2 heterocycles. The third-order valence-electron chi connectivity index (χ3n) is 5.37. The smallest absolute Gasteiger partial charge is 0.409 e. The fraction of sp³-hybridized carbons (Fsp3) is 0.636. The molecule has 30 heavy (non-hydrogen) atoms. The Bertz CT molecular complexity index is 858. The van der Waals surface area contributed by atoms with Crippen molar-refractivity contribution in [3.63, 3.8) is 0 Å². The highest BCUT2D eigenvalue weighted by Crippen LogP contribution is 2.27. The molecular formula is C22H33N5O3. The van der Waals surface area contributed by atoms with Gasteiger partial charge in [0.25, 0.3) is 0 Å². The molecule has 0 saturated heterocycles. The minimum absolute atomic E-state index is 0.107. The van der Waals surface area contributed by atoms with Crippen LogP contribution in [0, 0.1) is 12.8 Å². The number of nitrogens with zero attached hydrogens (tertiary/aromatic N) is 5. The average Bonchev–Trinajstić information content (AvgIpc) is 3.08. The molecule has 0 N–H and O–H groups in total. The summed E-state index contributed by atoms with van der Waals surface area (Å²) in [4.78, 5) is 23.0. The number of aromatic nitrogens is 4. The van der Waals surface area contributed by atoms with E-state index in [0.717, 1.165) is 35.5 Å². The van der Waals surface area contributed by atoms with Crippen molar-refractivity contribution >= 4 is 6.09 Å². The third kappa shape index (κ3) is 5.49. The summed E-state index contributed by atoms with van der Waals surface area (Å²) in [6.45, 7) is 6.80.